The predicted molar refractivity (Wildman–Crippen MR) is 39.4 cm³/mol. The van der Waals surface area contributed by atoms with Crippen molar-refractivity contribution in [3.63, 3.8) is 0 Å². The summed E-state index contributed by atoms with van der Waals surface area (Å²) in [6, 6.07) is 1.76. The highest BCUT2D eigenvalue weighted by Gasteiger charge is 1.91. The molecular formula is C5H9N5. The van der Waals surface area contributed by atoms with Crippen molar-refractivity contribution in [3.8, 4) is 0 Å². The fraction of sp³-hybridized carbons (Fsp3) is 0.200. The van der Waals surface area contributed by atoms with Crippen LogP contribution in [0.15, 0.2) is 12.3 Å². The average Bonchev–Trinajstić information content (AvgIpc) is 2.05. The summed E-state index contributed by atoms with van der Waals surface area (Å²) >= 11 is 0. The van der Waals surface area contributed by atoms with Crippen LogP contribution in [0, 0.1) is 0 Å². The van der Waals surface area contributed by atoms with Gasteiger partial charge in [0.05, 0.1) is 11.9 Å². The number of nitrogen functional groups attached to an aromatic ring is 1. The largest absolute Gasteiger partial charge is 0.387 e. The standard InChI is InChI=1S/C5H9N5/c1-7-4-2-5(9-6)10-8-3-4/h2-3H,6H2,1H3,(H2,7,9,10). The first-order valence-corrected chi connectivity index (χ1v) is 2.84. The van der Waals surface area contributed by atoms with Crippen LogP contribution in [0.1, 0.15) is 0 Å². The Hall–Kier alpha value is -1.36. The first kappa shape index (κ1) is 6.76. The number of nitrogens with one attached hydrogen (secondary N) is 2. The molecule has 54 valence electrons. The van der Waals surface area contributed by atoms with Gasteiger partial charge in [-0.05, 0) is 0 Å². The molecule has 0 amide bonds. The summed E-state index contributed by atoms with van der Waals surface area (Å²) in [4.78, 5) is 0. The zero-order valence-electron chi connectivity index (χ0n) is 5.63. The van der Waals surface area contributed by atoms with Gasteiger partial charge in [0.2, 0.25) is 0 Å². The average molecular weight is 139 g/mol. The molecule has 1 heterocycles. The van der Waals surface area contributed by atoms with E-state index in [0.717, 1.165) is 5.69 Å². The molecule has 0 unspecified atom stereocenters. The number of hydrazine groups is 1. The molecule has 1 rings (SSSR count). The first-order chi connectivity index (χ1) is 4.86. The maximum absolute atomic E-state index is 5.09. The van der Waals surface area contributed by atoms with Gasteiger partial charge in [0.1, 0.15) is 0 Å². The summed E-state index contributed by atoms with van der Waals surface area (Å²) in [7, 11) is 1.80. The van der Waals surface area contributed by atoms with Crippen molar-refractivity contribution < 1.29 is 0 Å². The Bertz CT molecular complexity index is 192. The van der Waals surface area contributed by atoms with Crippen LogP contribution in [-0.2, 0) is 0 Å². The van der Waals surface area contributed by atoms with Gasteiger partial charge < -0.3 is 10.7 Å². The van der Waals surface area contributed by atoms with Crippen LogP contribution >= 0.6 is 0 Å². The molecule has 4 N–H and O–H groups in total. The van der Waals surface area contributed by atoms with Crippen LogP contribution in [-0.4, -0.2) is 17.2 Å². The zero-order valence-corrected chi connectivity index (χ0v) is 5.63. The summed E-state index contributed by atoms with van der Waals surface area (Å²) in [5.74, 6) is 5.64. The van der Waals surface area contributed by atoms with Gasteiger partial charge in [-0.3, -0.25) is 0 Å². The van der Waals surface area contributed by atoms with Crippen molar-refractivity contribution in [2.45, 2.75) is 0 Å². The van der Waals surface area contributed by atoms with Gasteiger partial charge in [0, 0.05) is 13.1 Å². The van der Waals surface area contributed by atoms with Gasteiger partial charge in [-0.1, -0.05) is 0 Å². The molecule has 0 aliphatic rings. The fourth-order valence-corrected chi connectivity index (χ4v) is 0.574. The van der Waals surface area contributed by atoms with Crippen LogP contribution in [0.4, 0.5) is 11.5 Å². The molecule has 0 spiro atoms. The van der Waals surface area contributed by atoms with E-state index in [1.54, 1.807) is 19.3 Å². The third-order valence-corrected chi connectivity index (χ3v) is 1.09. The molecule has 10 heavy (non-hydrogen) atoms. The van der Waals surface area contributed by atoms with E-state index in [0.29, 0.717) is 5.82 Å². The van der Waals surface area contributed by atoms with Gasteiger partial charge in [-0.25, -0.2) is 5.84 Å². The van der Waals surface area contributed by atoms with Gasteiger partial charge >= 0.3 is 0 Å². The number of hydrogen-bond acceptors (Lipinski definition) is 5. The van der Waals surface area contributed by atoms with E-state index in [1.807, 2.05) is 0 Å². The summed E-state index contributed by atoms with van der Waals surface area (Å²) in [6.45, 7) is 0. The SMILES string of the molecule is CNc1cnnc(NN)c1. The van der Waals surface area contributed by atoms with Crippen molar-refractivity contribution in [1.29, 1.82) is 0 Å². The lowest BCUT2D eigenvalue weighted by Gasteiger charge is -1.99. The highest BCUT2D eigenvalue weighted by atomic mass is 15.3. The highest BCUT2D eigenvalue weighted by molar-refractivity contribution is 5.48. The van der Waals surface area contributed by atoms with Gasteiger partial charge in [0.25, 0.3) is 0 Å². The van der Waals surface area contributed by atoms with Crippen molar-refractivity contribution >= 4 is 11.5 Å². The molecule has 0 fully saturated rings. The van der Waals surface area contributed by atoms with Crippen LogP contribution < -0.4 is 16.6 Å². The lowest BCUT2D eigenvalue weighted by molar-refractivity contribution is 1.02. The van der Waals surface area contributed by atoms with Crippen LogP contribution in [0.2, 0.25) is 0 Å². The van der Waals surface area contributed by atoms with Crippen molar-refractivity contribution in [2.75, 3.05) is 17.8 Å². The monoisotopic (exact) mass is 139 g/mol. The normalized spacial score (nSPS) is 9.00. The molecular weight excluding hydrogens is 130 g/mol. The van der Waals surface area contributed by atoms with Crippen molar-refractivity contribution in [2.24, 2.45) is 5.84 Å². The number of nitrogens with zero attached hydrogens (tertiary/aromatic N) is 2. The lowest BCUT2D eigenvalue weighted by Crippen LogP contribution is -2.09. The van der Waals surface area contributed by atoms with Gasteiger partial charge in [-0.2, -0.15) is 5.10 Å². The highest BCUT2D eigenvalue weighted by Crippen LogP contribution is 2.06. The lowest BCUT2D eigenvalue weighted by atomic mass is 10.4. The van der Waals surface area contributed by atoms with E-state index in [2.05, 4.69) is 20.9 Å². The third kappa shape index (κ3) is 1.32. The Labute approximate surface area is 58.6 Å². The summed E-state index contributed by atoms with van der Waals surface area (Å²) in [6.07, 6.45) is 1.61. The van der Waals surface area contributed by atoms with Crippen molar-refractivity contribution in [3.05, 3.63) is 12.3 Å². The molecule has 0 atom stereocenters. The van der Waals surface area contributed by atoms with Crippen LogP contribution in [0.5, 0.6) is 0 Å². The maximum atomic E-state index is 5.09. The summed E-state index contributed by atoms with van der Waals surface area (Å²) < 4.78 is 0. The molecule has 5 nitrogen and oxygen atoms in total. The molecule has 0 radical (unpaired) electrons. The number of aromatic nitrogens is 2. The predicted octanol–water partition coefficient (Wildman–Crippen LogP) is -0.196. The summed E-state index contributed by atoms with van der Waals surface area (Å²) in [5, 5.41) is 10.3. The molecule has 0 saturated carbocycles. The molecule has 0 aliphatic heterocycles. The van der Waals surface area contributed by atoms with Crippen LogP contribution in [0.3, 0.4) is 0 Å². The molecule has 5 heteroatoms. The molecule has 0 bridgehead atoms. The van der Waals surface area contributed by atoms with Crippen LogP contribution in [0.25, 0.3) is 0 Å². The maximum Gasteiger partial charge on any atom is 0.164 e. The van der Waals surface area contributed by atoms with Gasteiger partial charge in [0.15, 0.2) is 5.82 Å². The minimum atomic E-state index is 0.548. The number of hydrogen-bond donors (Lipinski definition) is 3. The van der Waals surface area contributed by atoms with E-state index >= 15 is 0 Å². The Morgan fingerprint density at radius 1 is 1.60 bits per heavy atom. The van der Waals surface area contributed by atoms with Crippen molar-refractivity contribution in [1.82, 2.24) is 10.2 Å². The zero-order chi connectivity index (χ0) is 7.40. The number of rotatable bonds is 2. The Balaban J connectivity index is 2.87. The Morgan fingerprint density at radius 3 is 3.00 bits per heavy atom. The third-order valence-electron chi connectivity index (χ3n) is 1.09. The summed E-state index contributed by atoms with van der Waals surface area (Å²) in [5.41, 5.74) is 3.27. The minimum Gasteiger partial charge on any atom is -0.387 e. The van der Waals surface area contributed by atoms with Gasteiger partial charge in [-0.15, -0.1) is 5.10 Å². The molecule has 1 aromatic rings. The fourth-order valence-electron chi connectivity index (χ4n) is 0.574. The molecule has 0 aromatic carbocycles. The van der Waals surface area contributed by atoms with E-state index < -0.39 is 0 Å². The second-order valence-electron chi connectivity index (χ2n) is 1.72. The van der Waals surface area contributed by atoms with E-state index in [4.69, 9.17) is 5.84 Å². The van der Waals surface area contributed by atoms with E-state index in [-0.39, 0.29) is 0 Å². The van der Waals surface area contributed by atoms with E-state index in [9.17, 15) is 0 Å². The smallest absolute Gasteiger partial charge is 0.164 e. The Kier molecular flexibility index (Phi) is 2.01. The minimum absolute atomic E-state index is 0.548. The topological polar surface area (TPSA) is 75.9 Å². The first-order valence-electron chi connectivity index (χ1n) is 2.84. The molecule has 0 aliphatic carbocycles. The molecule has 0 saturated heterocycles. The Morgan fingerprint density at radius 2 is 2.40 bits per heavy atom. The quantitative estimate of drug-likeness (QED) is 0.391. The second-order valence-corrected chi connectivity index (χ2v) is 1.72. The molecule has 1 aromatic heterocycles. The number of nitrogens with two attached hydrogens (primary N) is 1. The second kappa shape index (κ2) is 2.98. The van der Waals surface area contributed by atoms with E-state index in [1.165, 1.54) is 0 Å². The number of anilines is 2.